The molecule has 0 saturated carbocycles. The molecule has 1 aliphatic carbocycles. The zero-order valence-corrected chi connectivity index (χ0v) is 12.0. The van der Waals surface area contributed by atoms with Gasteiger partial charge in [-0.3, -0.25) is 5.10 Å². The fourth-order valence-corrected chi connectivity index (χ4v) is 3.11. The highest BCUT2D eigenvalue weighted by molar-refractivity contribution is 5.50. The summed E-state index contributed by atoms with van der Waals surface area (Å²) in [5, 5.41) is 7.24. The van der Waals surface area contributed by atoms with E-state index in [1.165, 1.54) is 11.3 Å². The summed E-state index contributed by atoms with van der Waals surface area (Å²) in [6, 6.07) is 6.49. The van der Waals surface area contributed by atoms with E-state index in [1.807, 2.05) is 37.5 Å². The fraction of sp³-hybridized carbons (Fsp3) is 0.312. The van der Waals surface area contributed by atoms with Crippen LogP contribution in [0.5, 0.6) is 0 Å². The molecule has 1 N–H and O–H groups in total. The van der Waals surface area contributed by atoms with E-state index in [9.17, 15) is 0 Å². The van der Waals surface area contributed by atoms with Crippen molar-refractivity contribution in [1.82, 2.24) is 24.7 Å². The van der Waals surface area contributed by atoms with Gasteiger partial charge in [0, 0.05) is 29.8 Å². The molecule has 3 aromatic heterocycles. The molecule has 3 heterocycles. The maximum Gasteiger partial charge on any atom is 0.158 e. The topological polar surface area (TPSA) is 59.4 Å². The second-order valence-electron chi connectivity index (χ2n) is 5.59. The Morgan fingerprint density at radius 2 is 2.29 bits per heavy atom. The van der Waals surface area contributed by atoms with Gasteiger partial charge in [0.15, 0.2) is 5.82 Å². The highest BCUT2D eigenvalue weighted by Crippen LogP contribution is 2.30. The Bertz CT molecular complexity index is 770. The van der Waals surface area contributed by atoms with Crippen molar-refractivity contribution in [3.05, 3.63) is 53.7 Å². The van der Waals surface area contributed by atoms with E-state index in [0.29, 0.717) is 6.04 Å². The zero-order valence-electron chi connectivity index (χ0n) is 12.0. The fourth-order valence-electron chi connectivity index (χ4n) is 3.11. The molecule has 1 aliphatic rings. The Balaban J connectivity index is 1.70. The molecular formula is C16H17N5. The summed E-state index contributed by atoms with van der Waals surface area (Å²) in [5.41, 5.74) is 4.56. The maximum atomic E-state index is 4.60. The number of pyridine rings is 1. The average Bonchev–Trinajstić information content (AvgIpc) is 3.15. The van der Waals surface area contributed by atoms with E-state index in [1.54, 1.807) is 0 Å². The standard InChI is InChI=1S/C16H17N5/c1-11-3-2-4-15(19-11)16-17-7-8-21(16)13-5-6-14-12(9-13)10-18-20-14/h2-4,7-8,10,13H,5-6,9H2,1H3,(H,18,20). The third kappa shape index (κ3) is 2.14. The van der Waals surface area contributed by atoms with E-state index in [-0.39, 0.29) is 0 Å². The number of rotatable bonds is 2. The first-order valence-corrected chi connectivity index (χ1v) is 7.29. The number of aromatic nitrogens is 5. The van der Waals surface area contributed by atoms with Crippen molar-refractivity contribution in [2.75, 3.05) is 0 Å². The largest absolute Gasteiger partial charge is 0.326 e. The van der Waals surface area contributed by atoms with Crippen molar-refractivity contribution in [3.63, 3.8) is 0 Å². The van der Waals surface area contributed by atoms with Gasteiger partial charge in [-0.15, -0.1) is 0 Å². The molecule has 106 valence electrons. The second-order valence-corrected chi connectivity index (χ2v) is 5.59. The number of H-pyrrole nitrogens is 1. The minimum absolute atomic E-state index is 0.426. The van der Waals surface area contributed by atoms with E-state index in [2.05, 4.69) is 30.9 Å². The molecule has 0 aliphatic heterocycles. The summed E-state index contributed by atoms with van der Waals surface area (Å²) in [4.78, 5) is 9.13. The molecule has 0 aromatic carbocycles. The van der Waals surface area contributed by atoms with Gasteiger partial charge < -0.3 is 4.57 Å². The number of fused-ring (bicyclic) bond motifs is 1. The summed E-state index contributed by atoms with van der Waals surface area (Å²) in [6.07, 6.45) is 9.02. The van der Waals surface area contributed by atoms with Crippen molar-refractivity contribution >= 4 is 0 Å². The molecule has 1 atom stereocenters. The van der Waals surface area contributed by atoms with Gasteiger partial charge in [0.25, 0.3) is 0 Å². The first kappa shape index (κ1) is 12.3. The van der Waals surface area contributed by atoms with E-state index in [4.69, 9.17) is 0 Å². The predicted molar refractivity (Wildman–Crippen MR) is 79.8 cm³/mol. The highest BCUT2D eigenvalue weighted by atomic mass is 15.1. The molecule has 4 rings (SSSR count). The zero-order chi connectivity index (χ0) is 14.2. The van der Waals surface area contributed by atoms with Crippen molar-refractivity contribution < 1.29 is 0 Å². The minimum atomic E-state index is 0.426. The van der Waals surface area contributed by atoms with Crippen LogP contribution in [0.2, 0.25) is 0 Å². The normalized spacial score (nSPS) is 17.7. The second kappa shape index (κ2) is 4.84. The lowest BCUT2D eigenvalue weighted by molar-refractivity contribution is 0.443. The number of aromatic amines is 1. The third-order valence-corrected chi connectivity index (χ3v) is 4.17. The van der Waals surface area contributed by atoms with Crippen LogP contribution in [0.25, 0.3) is 11.5 Å². The van der Waals surface area contributed by atoms with Crippen LogP contribution >= 0.6 is 0 Å². The molecule has 0 saturated heterocycles. The quantitative estimate of drug-likeness (QED) is 0.784. The lowest BCUT2D eigenvalue weighted by Crippen LogP contribution is -2.18. The molecule has 0 fully saturated rings. The summed E-state index contributed by atoms with van der Waals surface area (Å²) in [6.45, 7) is 2.01. The van der Waals surface area contributed by atoms with Crippen LogP contribution in [0.1, 0.15) is 29.4 Å². The number of nitrogens with zero attached hydrogens (tertiary/aromatic N) is 4. The van der Waals surface area contributed by atoms with Gasteiger partial charge >= 0.3 is 0 Å². The molecule has 5 nitrogen and oxygen atoms in total. The molecule has 0 amide bonds. The summed E-state index contributed by atoms with van der Waals surface area (Å²) in [7, 11) is 0. The Morgan fingerprint density at radius 1 is 1.33 bits per heavy atom. The Morgan fingerprint density at radius 3 is 3.19 bits per heavy atom. The molecule has 5 heteroatoms. The monoisotopic (exact) mass is 279 g/mol. The summed E-state index contributed by atoms with van der Waals surface area (Å²) in [5.74, 6) is 0.954. The van der Waals surface area contributed by atoms with Crippen molar-refractivity contribution in [2.24, 2.45) is 0 Å². The molecule has 3 aromatic rings. The maximum absolute atomic E-state index is 4.60. The Hall–Kier alpha value is -2.43. The van der Waals surface area contributed by atoms with Crippen molar-refractivity contribution in [3.8, 4) is 11.5 Å². The molecular weight excluding hydrogens is 262 g/mol. The minimum Gasteiger partial charge on any atom is -0.326 e. The van der Waals surface area contributed by atoms with Crippen LogP contribution in [0.4, 0.5) is 0 Å². The highest BCUT2D eigenvalue weighted by Gasteiger charge is 2.23. The summed E-state index contributed by atoms with van der Waals surface area (Å²) >= 11 is 0. The van der Waals surface area contributed by atoms with Gasteiger partial charge in [-0.05, 0) is 43.9 Å². The number of hydrogen-bond donors (Lipinski definition) is 1. The van der Waals surface area contributed by atoms with E-state index < -0.39 is 0 Å². The third-order valence-electron chi connectivity index (χ3n) is 4.17. The van der Waals surface area contributed by atoms with Gasteiger partial charge in [0.05, 0.1) is 6.20 Å². The van der Waals surface area contributed by atoms with E-state index in [0.717, 1.165) is 36.5 Å². The average molecular weight is 279 g/mol. The van der Waals surface area contributed by atoms with Gasteiger partial charge in [-0.25, -0.2) is 9.97 Å². The number of imidazole rings is 1. The van der Waals surface area contributed by atoms with Crippen LogP contribution < -0.4 is 0 Å². The molecule has 0 spiro atoms. The molecule has 0 bridgehead atoms. The van der Waals surface area contributed by atoms with Crippen LogP contribution in [0.3, 0.4) is 0 Å². The number of hydrogen-bond acceptors (Lipinski definition) is 3. The molecule has 21 heavy (non-hydrogen) atoms. The van der Waals surface area contributed by atoms with Gasteiger partial charge in [-0.2, -0.15) is 5.10 Å². The Kier molecular flexibility index (Phi) is 2.84. The lowest BCUT2D eigenvalue weighted by atomic mass is 9.93. The lowest BCUT2D eigenvalue weighted by Gasteiger charge is -2.24. The van der Waals surface area contributed by atoms with Crippen LogP contribution in [0, 0.1) is 6.92 Å². The van der Waals surface area contributed by atoms with Gasteiger partial charge in [0.2, 0.25) is 0 Å². The van der Waals surface area contributed by atoms with Crippen molar-refractivity contribution in [2.45, 2.75) is 32.2 Å². The predicted octanol–water partition coefficient (Wildman–Crippen LogP) is 2.71. The Labute approximate surface area is 123 Å². The number of nitrogens with one attached hydrogen (secondary N) is 1. The van der Waals surface area contributed by atoms with Gasteiger partial charge in [0.1, 0.15) is 5.69 Å². The van der Waals surface area contributed by atoms with Crippen LogP contribution in [-0.2, 0) is 12.8 Å². The first-order valence-electron chi connectivity index (χ1n) is 7.29. The summed E-state index contributed by atoms with van der Waals surface area (Å²) < 4.78 is 2.26. The SMILES string of the molecule is Cc1cccc(-c2nccn2C2CCc3[nH]ncc3C2)n1. The van der Waals surface area contributed by atoms with Crippen molar-refractivity contribution in [1.29, 1.82) is 0 Å². The van der Waals surface area contributed by atoms with E-state index >= 15 is 0 Å². The molecule has 1 unspecified atom stereocenters. The van der Waals surface area contributed by atoms with Crippen LogP contribution in [0.15, 0.2) is 36.8 Å². The smallest absolute Gasteiger partial charge is 0.158 e. The van der Waals surface area contributed by atoms with Gasteiger partial charge in [-0.1, -0.05) is 6.07 Å². The first-order chi connectivity index (χ1) is 10.3. The number of aryl methyl sites for hydroxylation is 2. The molecule has 0 radical (unpaired) electrons. The van der Waals surface area contributed by atoms with Crippen LogP contribution in [-0.4, -0.2) is 24.7 Å².